The lowest BCUT2D eigenvalue weighted by Crippen LogP contribution is -2.76. The molecule has 3 heterocycles. The Bertz CT molecular complexity index is 1700. The predicted octanol–water partition coefficient (Wildman–Crippen LogP) is 4.19. The summed E-state index contributed by atoms with van der Waals surface area (Å²) in [5.41, 5.74) is 4.66. The monoisotopic (exact) mass is 616 g/mol. The van der Waals surface area contributed by atoms with Crippen LogP contribution in [0.5, 0.6) is 5.75 Å². The number of fused-ring (bicyclic) bond motifs is 1. The Balaban J connectivity index is 1.34. The molecule has 1 aromatic heterocycles. The molecule has 0 aliphatic carbocycles. The van der Waals surface area contributed by atoms with E-state index < -0.39 is 12.2 Å². The maximum absolute atomic E-state index is 14.3. The molecule has 10 nitrogen and oxygen atoms in total. The molecular formula is C36H36N6O4. The largest absolute Gasteiger partial charge is 0.508 e. The lowest BCUT2D eigenvalue weighted by Gasteiger charge is -2.55. The van der Waals surface area contributed by atoms with Crippen molar-refractivity contribution in [2.45, 2.75) is 31.7 Å². The molecule has 46 heavy (non-hydrogen) atoms. The van der Waals surface area contributed by atoms with Gasteiger partial charge >= 0.3 is 6.03 Å². The standard InChI is InChI=1S/C36H36N6O4/c1-2-19-40-25-34(44)41-32(21-26-11-13-31(43)14-12-26)35(45)39(23-28-9-6-10-30(20-28)29-15-17-37-18-16-29)24-33(41)42(40)36(46)38-22-27-7-4-3-5-8-27/h2-18,20,32-33,43H,1,19,21-25H2,(H,38,46). The molecule has 2 fully saturated rings. The third kappa shape index (κ3) is 6.62. The van der Waals surface area contributed by atoms with Gasteiger partial charge in [-0.15, -0.1) is 6.58 Å². The number of hydrazine groups is 1. The average Bonchev–Trinajstić information content (AvgIpc) is 3.07. The molecule has 2 unspecified atom stereocenters. The quantitative estimate of drug-likeness (QED) is 0.273. The highest BCUT2D eigenvalue weighted by atomic mass is 16.3. The number of benzene rings is 3. The first-order valence-electron chi connectivity index (χ1n) is 15.2. The van der Waals surface area contributed by atoms with Crippen molar-refractivity contribution in [3.63, 3.8) is 0 Å². The average molecular weight is 617 g/mol. The second kappa shape index (κ2) is 13.7. The summed E-state index contributed by atoms with van der Waals surface area (Å²) in [6.07, 6.45) is 4.62. The van der Waals surface area contributed by atoms with Crippen LogP contribution in [-0.4, -0.2) is 79.6 Å². The third-order valence-corrected chi connectivity index (χ3v) is 8.34. The van der Waals surface area contributed by atoms with Crippen molar-refractivity contribution in [1.82, 2.24) is 30.1 Å². The number of rotatable bonds is 9. The van der Waals surface area contributed by atoms with Crippen LogP contribution in [0, 0.1) is 0 Å². The van der Waals surface area contributed by atoms with Crippen LogP contribution in [0.15, 0.2) is 116 Å². The molecule has 0 spiro atoms. The van der Waals surface area contributed by atoms with Gasteiger partial charge in [-0.05, 0) is 58.1 Å². The summed E-state index contributed by atoms with van der Waals surface area (Å²) in [5, 5.41) is 16.1. The molecule has 234 valence electrons. The Morgan fingerprint density at radius 1 is 0.913 bits per heavy atom. The number of pyridine rings is 1. The Hall–Kier alpha value is -5.48. The van der Waals surface area contributed by atoms with Crippen LogP contribution in [0.4, 0.5) is 4.79 Å². The molecule has 2 saturated heterocycles. The maximum atomic E-state index is 14.3. The summed E-state index contributed by atoms with van der Waals surface area (Å²) < 4.78 is 0. The highest BCUT2D eigenvalue weighted by Gasteiger charge is 2.51. The molecular weight excluding hydrogens is 580 g/mol. The highest BCUT2D eigenvalue weighted by molar-refractivity contribution is 5.91. The summed E-state index contributed by atoms with van der Waals surface area (Å²) >= 11 is 0. The number of aromatic hydroxyl groups is 1. The van der Waals surface area contributed by atoms with Crippen molar-refractivity contribution in [3.8, 4) is 16.9 Å². The third-order valence-electron chi connectivity index (χ3n) is 8.34. The van der Waals surface area contributed by atoms with Crippen LogP contribution in [0.25, 0.3) is 11.1 Å². The van der Waals surface area contributed by atoms with Crippen molar-refractivity contribution >= 4 is 17.8 Å². The fourth-order valence-electron chi connectivity index (χ4n) is 6.17. The van der Waals surface area contributed by atoms with E-state index in [1.165, 1.54) is 0 Å². The first kappa shape index (κ1) is 30.5. The number of urea groups is 1. The number of carbonyl (C=O) groups is 3. The van der Waals surface area contributed by atoms with E-state index in [0.29, 0.717) is 13.1 Å². The van der Waals surface area contributed by atoms with Gasteiger partial charge in [-0.25, -0.2) is 14.8 Å². The van der Waals surface area contributed by atoms with Gasteiger partial charge in [0.05, 0.1) is 13.1 Å². The van der Waals surface area contributed by atoms with E-state index >= 15 is 0 Å². The van der Waals surface area contributed by atoms with E-state index in [4.69, 9.17) is 0 Å². The van der Waals surface area contributed by atoms with Crippen LogP contribution in [-0.2, 0) is 29.1 Å². The molecule has 4 aromatic rings. The van der Waals surface area contributed by atoms with Crippen molar-refractivity contribution in [3.05, 3.63) is 133 Å². The smallest absolute Gasteiger partial charge is 0.334 e. The van der Waals surface area contributed by atoms with Crippen LogP contribution < -0.4 is 5.32 Å². The molecule has 6 rings (SSSR count). The fraction of sp³-hybridized carbons (Fsp3) is 0.222. The minimum absolute atomic E-state index is 0.0748. The highest BCUT2D eigenvalue weighted by Crippen LogP contribution is 2.30. The summed E-state index contributed by atoms with van der Waals surface area (Å²) in [4.78, 5) is 49.4. The number of aromatic nitrogens is 1. The van der Waals surface area contributed by atoms with Crippen molar-refractivity contribution in [2.24, 2.45) is 0 Å². The van der Waals surface area contributed by atoms with Gasteiger partial charge in [0, 0.05) is 38.4 Å². The zero-order valence-corrected chi connectivity index (χ0v) is 25.4. The van der Waals surface area contributed by atoms with Gasteiger partial charge in [-0.3, -0.25) is 14.6 Å². The van der Waals surface area contributed by atoms with Gasteiger partial charge in [0.2, 0.25) is 11.8 Å². The second-order valence-corrected chi connectivity index (χ2v) is 11.4. The molecule has 2 N–H and O–H groups in total. The molecule has 2 aliphatic rings. The van der Waals surface area contributed by atoms with Gasteiger partial charge < -0.3 is 20.2 Å². The van der Waals surface area contributed by atoms with E-state index in [2.05, 4.69) is 16.9 Å². The van der Waals surface area contributed by atoms with Crippen LogP contribution in [0.3, 0.4) is 0 Å². The molecule has 4 amide bonds. The Morgan fingerprint density at radius 2 is 1.65 bits per heavy atom. The van der Waals surface area contributed by atoms with E-state index in [-0.39, 0.29) is 49.7 Å². The Labute approximate surface area is 268 Å². The van der Waals surface area contributed by atoms with Crippen molar-refractivity contribution in [1.29, 1.82) is 0 Å². The molecule has 2 atom stereocenters. The van der Waals surface area contributed by atoms with Crippen LogP contribution in [0.1, 0.15) is 16.7 Å². The second-order valence-electron chi connectivity index (χ2n) is 11.4. The number of piperazine rings is 1. The molecule has 3 aromatic carbocycles. The Kier molecular flexibility index (Phi) is 9.07. The summed E-state index contributed by atoms with van der Waals surface area (Å²) in [7, 11) is 0. The number of amides is 4. The number of nitrogens with one attached hydrogen (secondary N) is 1. The van der Waals surface area contributed by atoms with Gasteiger partial charge in [0.15, 0.2) is 0 Å². The summed E-state index contributed by atoms with van der Waals surface area (Å²) in [6.45, 7) is 4.78. The minimum atomic E-state index is -0.852. The lowest BCUT2D eigenvalue weighted by atomic mass is 9.97. The van der Waals surface area contributed by atoms with Crippen LogP contribution in [0.2, 0.25) is 0 Å². The zero-order chi connectivity index (χ0) is 32.0. The minimum Gasteiger partial charge on any atom is -0.508 e. The number of hydrogen-bond donors (Lipinski definition) is 2. The Morgan fingerprint density at radius 3 is 2.39 bits per heavy atom. The number of nitrogens with zero attached hydrogens (tertiary/aromatic N) is 5. The first-order chi connectivity index (χ1) is 22.4. The van der Waals surface area contributed by atoms with Crippen LogP contribution >= 0.6 is 0 Å². The maximum Gasteiger partial charge on any atom is 0.334 e. The topological polar surface area (TPSA) is 109 Å². The first-order valence-corrected chi connectivity index (χ1v) is 15.2. The van der Waals surface area contributed by atoms with E-state index in [9.17, 15) is 19.5 Å². The van der Waals surface area contributed by atoms with Crippen molar-refractivity contribution in [2.75, 3.05) is 19.6 Å². The number of phenolic OH excluding ortho intramolecular Hbond substituents is 1. The summed E-state index contributed by atoms with van der Waals surface area (Å²) in [6, 6.07) is 26.9. The number of phenols is 1. The van der Waals surface area contributed by atoms with Gasteiger partial charge in [-0.1, -0.05) is 66.7 Å². The fourth-order valence-corrected chi connectivity index (χ4v) is 6.17. The zero-order valence-electron chi connectivity index (χ0n) is 25.4. The van der Waals surface area contributed by atoms with Gasteiger partial charge in [-0.2, -0.15) is 0 Å². The molecule has 0 saturated carbocycles. The van der Waals surface area contributed by atoms with Gasteiger partial charge in [0.1, 0.15) is 18.0 Å². The SMILES string of the molecule is C=CCN1CC(=O)N2C(Cc3ccc(O)cc3)C(=O)N(Cc3cccc(-c4ccncc4)c3)CC2N1C(=O)NCc1ccccc1. The predicted molar refractivity (Wildman–Crippen MR) is 174 cm³/mol. The summed E-state index contributed by atoms with van der Waals surface area (Å²) in [5.74, 6) is -0.327. The number of carbonyl (C=O) groups excluding carboxylic acids is 3. The number of hydrogen-bond acceptors (Lipinski definition) is 6. The van der Waals surface area contributed by atoms with E-state index in [1.807, 2.05) is 66.7 Å². The van der Waals surface area contributed by atoms with Crippen molar-refractivity contribution < 1.29 is 19.5 Å². The van der Waals surface area contributed by atoms with Gasteiger partial charge in [0.25, 0.3) is 0 Å². The van der Waals surface area contributed by atoms with E-state index in [1.54, 1.807) is 62.6 Å². The lowest BCUT2D eigenvalue weighted by molar-refractivity contribution is -0.189. The molecule has 0 bridgehead atoms. The normalized spacial score (nSPS) is 18.3. The molecule has 0 radical (unpaired) electrons. The van der Waals surface area contributed by atoms with E-state index in [0.717, 1.165) is 27.8 Å². The molecule has 10 heteroatoms. The molecule has 2 aliphatic heterocycles.